The van der Waals surface area contributed by atoms with Crippen LogP contribution in [0.5, 0.6) is 11.5 Å². The first-order valence-electron chi connectivity index (χ1n) is 8.98. The monoisotopic (exact) mass is 372 g/mol. The summed E-state index contributed by atoms with van der Waals surface area (Å²) in [6, 6.07) is 13.1. The minimum absolute atomic E-state index is 0.110. The van der Waals surface area contributed by atoms with Crippen molar-refractivity contribution in [2.75, 3.05) is 45.6 Å². The zero-order chi connectivity index (χ0) is 19.2. The van der Waals surface area contributed by atoms with Crippen molar-refractivity contribution in [1.82, 2.24) is 15.1 Å². The van der Waals surface area contributed by atoms with Crippen LogP contribution < -0.4 is 15.4 Å². The number of carbonyl (C=O) groups is 1. The second-order valence-corrected chi connectivity index (χ2v) is 6.76. The van der Waals surface area contributed by atoms with Gasteiger partial charge in [-0.15, -0.1) is 0 Å². The van der Waals surface area contributed by atoms with Gasteiger partial charge in [0.1, 0.15) is 0 Å². The molecule has 2 amide bonds. The number of hydrogen-bond donors (Lipinski definition) is 2. The number of rotatable bonds is 5. The number of nitrogens with zero attached hydrogens (tertiary/aromatic N) is 2. The number of benzene rings is 2. The van der Waals surface area contributed by atoms with Crippen LogP contribution in [0.2, 0.25) is 0 Å². The van der Waals surface area contributed by atoms with Crippen LogP contribution in [0.15, 0.2) is 48.5 Å². The van der Waals surface area contributed by atoms with E-state index >= 15 is 0 Å². The van der Waals surface area contributed by atoms with Crippen molar-refractivity contribution < 1.29 is 13.9 Å². The van der Waals surface area contributed by atoms with Crippen molar-refractivity contribution in [3.63, 3.8) is 0 Å². The standard InChI is InChI=1S/C20H25FN4O2/c1-24-11-12-25(2)15(14-24)13-22-20(26)23-17-8-4-6-10-19(17)27-18-9-5-3-7-16(18)21/h3-10,15H,11-14H2,1-2H3,(H2,22,23,26)/t15-/m1/s1. The molecular formula is C20H25FN4O2. The van der Waals surface area contributed by atoms with Crippen LogP contribution in [0.25, 0.3) is 0 Å². The van der Waals surface area contributed by atoms with Gasteiger partial charge in [0.2, 0.25) is 0 Å². The lowest BCUT2D eigenvalue weighted by molar-refractivity contribution is 0.115. The fourth-order valence-corrected chi connectivity index (χ4v) is 3.00. The Labute approximate surface area is 158 Å². The summed E-state index contributed by atoms with van der Waals surface area (Å²) in [7, 11) is 4.14. The maximum Gasteiger partial charge on any atom is 0.319 e. The smallest absolute Gasteiger partial charge is 0.319 e. The normalized spacial score (nSPS) is 18.1. The Bertz CT molecular complexity index is 786. The van der Waals surface area contributed by atoms with Crippen molar-refractivity contribution in [2.45, 2.75) is 6.04 Å². The molecule has 0 bridgehead atoms. The van der Waals surface area contributed by atoms with Crippen molar-refractivity contribution in [1.29, 1.82) is 0 Å². The van der Waals surface area contributed by atoms with Crippen LogP contribution >= 0.6 is 0 Å². The highest BCUT2D eigenvalue weighted by molar-refractivity contribution is 5.91. The zero-order valence-corrected chi connectivity index (χ0v) is 15.6. The summed E-state index contributed by atoms with van der Waals surface area (Å²) in [6.07, 6.45) is 0. The Hall–Kier alpha value is -2.64. The van der Waals surface area contributed by atoms with E-state index in [2.05, 4.69) is 34.5 Å². The summed E-state index contributed by atoms with van der Waals surface area (Å²) < 4.78 is 19.5. The van der Waals surface area contributed by atoms with Crippen LogP contribution in [-0.4, -0.2) is 62.1 Å². The minimum Gasteiger partial charge on any atom is -0.452 e. The molecule has 1 atom stereocenters. The van der Waals surface area contributed by atoms with E-state index in [0.717, 1.165) is 19.6 Å². The maximum absolute atomic E-state index is 13.8. The van der Waals surface area contributed by atoms with Crippen LogP contribution in [0, 0.1) is 5.82 Å². The number of ether oxygens (including phenoxy) is 1. The fraction of sp³-hybridized carbons (Fsp3) is 0.350. The van der Waals surface area contributed by atoms with E-state index in [0.29, 0.717) is 18.0 Å². The molecule has 2 aromatic rings. The number of piperazine rings is 1. The van der Waals surface area contributed by atoms with Crippen molar-refractivity contribution in [3.05, 3.63) is 54.3 Å². The fourth-order valence-electron chi connectivity index (χ4n) is 3.00. The van der Waals surface area contributed by atoms with Gasteiger partial charge in [-0.2, -0.15) is 0 Å². The first-order valence-corrected chi connectivity index (χ1v) is 8.98. The predicted molar refractivity (Wildman–Crippen MR) is 104 cm³/mol. The van der Waals surface area contributed by atoms with Gasteiger partial charge in [-0.1, -0.05) is 24.3 Å². The SMILES string of the molecule is CN1CCN(C)[C@H](CNC(=O)Nc2ccccc2Oc2ccccc2F)C1. The van der Waals surface area contributed by atoms with Crippen LogP contribution in [-0.2, 0) is 0 Å². The zero-order valence-electron chi connectivity index (χ0n) is 15.6. The molecule has 0 saturated carbocycles. The Morgan fingerprint density at radius 1 is 1.11 bits per heavy atom. The molecule has 7 heteroatoms. The Morgan fingerprint density at radius 2 is 1.81 bits per heavy atom. The Balaban J connectivity index is 1.60. The molecule has 0 unspecified atom stereocenters. The Kier molecular flexibility index (Phi) is 6.26. The summed E-state index contributed by atoms with van der Waals surface area (Å²) in [6.45, 7) is 3.45. The van der Waals surface area contributed by atoms with Crippen LogP contribution in [0.4, 0.5) is 14.9 Å². The predicted octanol–water partition coefficient (Wildman–Crippen LogP) is 2.99. The molecule has 1 aliphatic heterocycles. The summed E-state index contributed by atoms with van der Waals surface area (Å²) in [5.41, 5.74) is 0.479. The molecule has 2 N–H and O–H groups in total. The second kappa shape index (κ2) is 8.83. The molecule has 1 saturated heterocycles. The lowest BCUT2D eigenvalue weighted by Gasteiger charge is -2.37. The highest BCUT2D eigenvalue weighted by Crippen LogP contribution is 2.30. The minimum atomic E-state index is -0.457. The summed E-state index contributed by atoms with van der Waals surface area (Å²) in [5.74, 6) is 0.0347. The average molecular weight is 372 g/mol. The Morgan fingerprint density at radius 3 is 2.59 bits per heavy atom. The highest BCUT2D eigenvalue weighted by atomic mass is 19.1. The molecule has 0 aliphatic carbocycles. The van der Waals surface area contributed by atoms with Crippen molar-refractivity contribution in [2.24, 2.45) is 0 Å². The summed E-state index contributed by atoms with van der Waals surface area (Å²) in [5, 5.41) is 5.69. The third kappa shape index (κ3) is 5.18. The van der Waals surface area contributed by atoms with E-state index in [-0.39, 0.29) is 17.8 Å². The quantitative estimate of drug-likeness (QED) is 0.847. The van der Waals surface area contributed by atoms with Gasteiger partial charge in [0, 0.05) is 32.2 Å². The lowest BCUT2D eigenvalue weighted by Crippen LogP contribution is -2.54. The number of likely N-dealkylation sites (N-methyl/N-ethyl adjacent to an activating group) is 2. The van der Waals surface area contributed by atoms with E-state index in [9.17, 15) is 9.18 Å². The molecule has 6 nitrogen and oxygen atoms in total. The van der Waals surface area contributed by atoms with E-state index in [1.54, 1.807) is 42.5 Å². The molecule has 144 valence electrons. The largest absolute Gasteiger partial charge is 0.452 e. The molecule has 3 rings (SSSR count). The molecule has 0 spiro atoms. The molecular weight excluding hydrogens is 347 g/mol. The molecule has 1 fully saturated rings. The van der Waals surface area contributed by atoms with E-state index in [1.165, 1.54) is 6.07 Å². The first-order chi connectivity index (χ1) is 13.0. The van der Waals surface area contributed by atoms with Gasteiger partial charge in [-0.25, -0.2) is 9.18 Å². The maximum atomic E-state index is 13.8. The molecule has 0 radical (unpaired) electrons. The van der Waals surface area contributed by atoms with Gasteiger partial charge in [0.25, 0.3) is 0 Å². The third-order valence-corrected chi connectivity index (χ3v) is 4.67. The number of anilines is 1. The molecule has 0 aromatic heterocycles. The topological polar surface area (TPSA) is 56.8 Å². The van der Waals surface area contributed by atoms with Gasteiger partial charge >= 0.3 is 6.03 Å². The van der Waals surface area contributed by atoms with Gasteiger partial charge in [0.15, 0.2) is 17.3 Å². The number of hydrogen-bond acceptors (Lipinski definition) is 4. The van der Waals surface area contributed by atoms with Crippen molar-refractivity contribution >= 4 is 11.7 Å². The lowest BCUT2D eigenvalue weighted by atomic mass is 10.2. The molecule has 2 aromatic carbocycles. The third-order valence-electron chi connectivity index (χ3n) is 4.67. The van der Waals surface area contributed by atoms with Gasteiger partial charge < -0.3 is 20.3 Å². The van der Waals surface area contributed by atoms with Crippen LogP contribution in [0.3, 0.4) is 0 Å². The van der Waals surface area contributed by atoms with Crippen molar-refractivity contribution in [3.8, 4) is 11.5 Å². The number of amides is 2. The highest BCUT2D eigenvalue weighted by Gasteiger charge is 2.22. The molecule has 27 heavy (non-hydrogen) atoms. The molecule has 1 heterocycles. The average Bonchev–Trinajstić information content (AvgIpc) is 2.66. The number of nitrogens with one attached hydrogen (secondary N) is 2. The first kappa shape index (κ1) is 19.1. The van der Waals surface area contributed by atoms with Crippen LogP contribution in [0.1, 0.15) is 0 Å². The van der Waals surface area contributed by atoms with E-state index in [4.69, 9.17) is 4.74 Å². The van der Waals surface area contributed by atoms with Gasteiger partial charge in [0.05, 0.1) is 5.69 Å². The van der Waals surface area contributed by atoms with Gasteiger partial charge in [-0.05, 0) is 38.4 Å². The van der Waals surface area contributed by atoms with Gasteiger partial charge in [-0.3, -0.25) is 4.90 Å². The molecule has 1 aliphatic rings. The second-order valence-electron chi connectivity index (χ2n) is 6.76. The van der Waals surface area contributed by atoms with E-state index in [1.807, 2.05) is 0 Å². The number of halogens is 1. The summed E-state index contributed by atoms with van der Waals surface area (Å²) >= 11 is 0. The van der Waals surface area contributed by atoms with E-state index < -0.39 is 5.82 Å². The number of urea groups is 1. The number of carbonyl (C=O) groups excluding carboxylic acids is 1. The number of para-hydroxylation sites is 3. The summed E-state index contributed by atoms with van der Waals surface area (Å²) in [4.78, 5) is 16.8.